The number of aromatic nitrogens is 1. The van der Waals surface area contributed by atoms with Gasteiger partial charge in [0.1, 0.15) is 0 Å². The lowest BCUT2D eigenvalue weighted by Gasteiger charge is -2.39. The third-order valence-electron chi connectivity index (χ3n) is 14.3. The van der Waals surface area contributed by atoms with E-state index in [1.807, 2.05) is 11.8 Å². The molecule has 0 saturated heterocycles. The van der Waals surface area contributed by atoms with E-state index in [-0.39, 0.29) is 0 Å². The van der Waals surface area contributed by atoms with E-state index in [0.717, 1.165) is 27.5 Å². The minimum Gasteiger partial charge on any atom is -0.247 e. The number of rotatable bonds is 4. The summed E-state index contributed by atoms with van der Waals surface area (Å²) in [5.74, 6) is 0. The van der Waals surface area contributed by atoms with E-state index >= 15 is 0 Å². The Morgan fingerprint density at radius 1 is 0.303 bits per heavy atom. The molecule has 0 atom stereocenters. The Balaban J connectivity index is 1.08. The zero-order valence-corrected chi connectivity index (χ0v) is 36.7. The molecule has 12 aromatic rings. The monoisotopic (exact) mass is 853 g/mol. The Labute approximate surface area is 387 Å². The van der Waals surface area contributed by atoms with Crippen molar-refractivity contribution in [2.24, 2.45) is 0 Å². The first-order valence-corrected chi connectivity index (χ1v) is 23.6. The van der Waals surface area contributed by atoms with E-state index in [1.54, 1.807) is 0 Å². The summed E-state index contributed by atoms with van der Waals surface area (Å²) in [6.07, 6.45) is 0. The van der Waals surface area contributed by atoms with E-state index in [1.165, 1.54) is 103 Å². The molecule has 0 unspecified atom stereocenters. The van der Waals surface area contributed by atoms with Gasteiger partial charge in [-0.05, 0) is 113 Å². The summed E-state index contributed by atoms with van der Waals surface area (Å²) in [5.41, 5.74) is 17.9. The van der Waals surface area contributed by atoms with Crippen molar-refractivity contribution < 1.29 is 0 Å². The molecular weight excluding hydrogens is 815 g/mol. The molecule has 1 nitrogen and oxygen atoms in total. The molecule has 14 rings (SSSR count). The lowest BCUT2D eigenvalue weighted by Crippen LogP contribution is -2.31. The number of fused-ring (bicyclic) bond motifs is 15. The second-order valence-corrected chi connectivity index (χ2v) is 18.7. The Hall–Kier alpha value is -8.04. The highest BCUT2D eigenvalue weighted by molar-refractivity contribution is 7.99. The van der Waals surface area contributed by atoms with Crippen molar-refractivity contribution in [1.82, 2.24) is 4.98 Å². The second kappa shape index (κ2) is 14.5. The van der Waals surface area contributed by atoms with Crippen molar-refractivity contribution in [3.63, 3.8) is 0 Å². The largest absolute Gasteiger partial charge is 0.247 e. The summed E-state index contributed by atoms with van der Waals surface area (Å²) in [6, 6.07) is 87.6. The molecular formula is C64H39NS. The number of pyridine rings is 1. The molecule has 0 radical (unpaired) electrons. The summed E-state index contributed by atoms with van der Waals surface area (Å²) in [6.45, 7) is 0. The minimum absolute atomic E-state index is 0.486. The molecule has 0 fully saturated rings. The smallest absolute Gasteiger partial charge is 0.0788 e. The summed E-state index contributed by atoms with van der Waals surface area (Å²) in [4.78, 5) is 8.18. The van der Waals surface area contributed by atoms with E-state index in [4.69, 9.17) is 4.98 Å². The maximum atomic E-state index is 5.57. The van der Waals surface area contributed by atoms with E-state index in [9.17, 15) is 0 Å². The topological polar surface area (TPSA) is 12.9 Å². The van der Waals surface area contributed by atoms with Crippen molar-refractivity contribution in [2.45, 2.75) is 15.2 Å². The Morgan fingerprint density at radius 2 is 0.788 bits per heavy atom. The highest BCUT2D eigenvalue weighted by Crippen LogP contribution is 2.64. The molecule has 1 spiro atoms. The Bertz CT molecular complexity index is 3840. The number of hydrogen-bond donors (Lipinski definition) is 0. The van der Waals surface area contributed by atoms with Crippen LogP contribution in [0.1, 0.15) is 22.3 Å². The van der Waals surface area contributed by atoms with Gasteiger partial charge >= 0.3 is 0 Å². The average molecular weight is 854 g/mol. The first-order valence-electron chi connectivity index (χ1n) is 22.8. The quantitative estimate of drug-likeness (QED) is 0.129. The molecule has 1 aliphatic carbocycles. The van der Waals surface area contributed by atoms with Crippen molar-refractivity contribution >= 4 is 55.0 Å². The third-order valence-corrected chi connectivity index (χ3v) is 15.5. The maximum absolute atomic E-state index is 5.57. The van der Waals surface area contributed by atoms with Gasteiger partial charge in [-0.1, -0.05) is 224 Å². The number of hydrogen-bond acceptors (Lipinski definition) is 2. The van der Waals surface area contributed by atoms with Crippen molar-refractivity contribution in [1.29, 1.82) is 0 Å². The Kier molecular flexibility index (Phi) is 8.20. The fourth-order valence-electron chi connectivity index (χ4n) is 11.6. The highest BCUT2D eigenvalue weighted by Gasteiger charge is 2.50. The van der Waals surface area contributed by atoms with Gasteiger partial charge in [-0.15, -0.1) is 0 Å². The van der Waals surface area contributed by atoms with Crippen molar-refractivity contribution in [3.05, 3.63) is 259 Å². The molecule has 66 heavy (non-hydrogen) atoms. The molecule has 1 aliphatic heterocycles. The summed E-state index contributed by atoms with van der Waals surface area (Å²) in [5, 5.41) is 8.52. The molecule has 2 aliphatic rings. The van der Waals surface area contributed by atoms with Gasteiger partial charge in [-0.2, -0.15) is 0 Å². The molecule has 0 amide bonds. The second-order valence-electron chi connectivity index (χ2n) is 17.6. The van der Waals surface area contributed by atoms with E-state index < -0.39 is 5.41 Å². The molecule has 0 saturated carbocycles. The predicted octanol–water partition coefficient (Wildman–Crippen LogP) is 17.2. The van der Waals surface area contributed by atoms with Gasteiger partial charge in [0.2, 0.25) is 0 Å². The van der Waals surface area contributed by atoms with Crippen molar-refractivity contribution in [2.75, 3.05) is 0 Å². The van der Waals surface area contributed by atoms with Gasteiger partial charge in [-0.3, -0.25) is 0 Å². The Morgan fingerprint density at radius 3 is 1.42 bits per heavy atom. The lowest BCUT2D eigenvalue weighted by molar-refractivity contribution is 0.723. The molecule has 11 aromatic carbocycles. The van der Waals surface area contributed by atoms with Crippen LogP contribution in [-0.4, -0.2) is 4.98 Å². The van der Waals surface area contributed by atoms with E-state index in [0.29, 0.717) is 0 Å². The van der Waals surface area contributed by atoms with Crippen LogP contribution in [-0.2, 0) is 5.41 Å². The first-order chi connectivity index (χ1) is 32.8. The van der Waals surface area contributed by atoms with Gasteiger partial charge in [-0.25, -0.2) is 4.98 Å². The normalized spacial score (nSPS) is 13.2. The van der Waals surface area contributed by atoms with Gasteiger partial charge in [0, 0.05) is 31.5 Å². The maximum Gasteiger partial charge on any atom is 0.0788 e. The number of nitrogens with zero attached hydrogens (tertiary/aromatic N) is 1. The van der Waals surface area contributed by atoms with Gasteiger partial charge in [0.15, 0.2) is 0 Å². The standard InChI is InChI=1S/C64H39NS/c1-3-17-40(18-4-1)41-31-33-42(34-32-41)59-45-21-7-9-23-47(45)60(48-24-10-8-22-46(48)59)44-35-38-56-51(39-44)61-50(63(65-56)43-19-5-2-6-20-43)36-37-55-62(61)49-25-11-12-26-52(49)64(55)53-27-13-15-29-57(53)66-58-30-16-14-28-54(58)64/h1-39H. The van der Waals surface area contributed by atoms with Gasteiger partial charge in [0.25, 0.3) is 0 Å². The van der Waals surface area contributed by atoms with Crippen LogP contribution in [0.2, 0.25) is 0 Å². The highest BCUT2D eigenvalue weighted by atomic mass is 32.2. The van der Waals surface area contributed by atoms with Crippen LogP contribution in [0.25, 0.3) is 99.0 Å². The summed E-state index contributed by atoms with van der Waals surface area (Å²) in [7, 11) is 0. The fraction of sp³-hybridized carbons (Fsp3) is 0.0156. The average Bonchev–Trinajstić information content (AvgIpc) is 3.68. The summed E-state index contributed by atoms with van der Waals surface area (Å²) < 4.78 is 0. The third kappa shape index (κ3) is 5.28. The number of benzene rings is 11. The molecule has 2 heterocycles. The molecule has 1 aromatic heterocycles. The van der Waals surface area contributed by atoms with E-state index in [2.05, 4.69) is 237 Å². The zero-order chi connectivity index (χ0) is 43.3. The van der Waals surface area contributed by atoms with Crippen LogP contribution < -0.4 is 0 Å². The fourth-order valence-corrected chi connectivity index (χ4v) is 12.8. The van der Waals surface area contributed by atoms with Crippen LogP contribution in [0.5, 0.6) is 0 Å². The van der Waals surface area contributed by atoms with Crippen LogP contribution >= 0.6 is 11.8 Å². The minimum atomic E-state index is -0.486. The lowest BCUT2D eigenvalue weighted by atomic mass is 9.67. The van der Waals surface area contributed by atoms with Crippen LogP contribution in [0.15, 0.2) is 246 Å². The SMILES string of the molecule is c1ccc(-c2ccc(-c3c4ccccc4c(-c4ccc5nc(-c6ccccc6)c6ccc7c(c6c5c4)-c4ccccc4C74c5ccccc5Sc5ccccc54)c4ccccc34)cc2)cc1. The zero-order valence-electron chi connectivity index (χ0n) is 35.9. The molecule has 306 valence electrons. The van der Waals surface area contributed by atoms with Crippen LogP contribution in [0, 0.1) is 0 Å². The van der Waals surface area contributed by atoms with Gasteiger partial charge < -0.3 is 0 Å². The molecule has 0 N–H and O–H groups in total. The van der Waals surface area contributed by atoms with Crippen molar-refractivity contribution in [3.8, 4) is 55.8 Å². The summed E-state index contributed by atoms with van der Waals surface area (Å²) >= 11 is 1.89. The molecule has 2 heteroatoms. The first kappa shape index (κ1) is 37.3. The van der Waals surface area contributed by atoms with Gasteiger partial charge in [0.05, 0.1) is 16.6 Å². The molecule has 0 bridgehead atoms. The predicted molar refractivity (Wildman–Crippen MR) is 277 cm³/mol. The van der Waals surface area contributed by atoms with Crippen LogP contribution in [0.3, 0.4) is 0 Å². The van der Waals surface area contributed by atoms with Crippen LogP contribution in [0.4, 0.5) is 0 Å².